The molecule has 1 atom stereocenters. The fraction of sp³-hybridized carbons (Fsp3) is 0.458. The number of piperidine rings is 1. The van der Waals surface area contributed by atoms with Gasteiger partial charge in [0.25, 0.3) is 5.91 Å². The van der Waals surface area contributed by atoms with Gasteiger partial charge in [0.05, 0.1) is 10.5 Å². The molecule has 6 nitrogen and oxygen atoms in total. The number of benzene rings is 2. The zero-order valence-electron chi connectivity index (χ0n) is 18.7. The maximum Gasteiger partial charge on any atom is 0.253 e. The Bertz CT molecular complexity index is 984. The van der Waals surface area contributed by atoms with Crippen LogP contribution < -0.4 is 10.2 Å². The lowest BCUT2D eigenvalue weighted by Gasteiger charge is -2.31. The van der Waals surface area contributed by atoms with Crippen LogP contribution >= 0.6 is 0 Å². The molecule has 1 aliphatic heterocycles. The fourth-order valence-electron chi connectivity index (χ4n) is 3.88. The smallest absolute Gasteiger partial charge is 0.253 e. The first-order valence-electron chi connectivity index (χ1n) is 11.0. The molecule has 1 N–H and O–H groups in total. The first-order valence-corrected chi connectivity index (χ1v) is 12.4. The van der Waals surface area contributed by atoms with E-state index in [-0.39, 0.29) is 16.8 Å². The van der Waals surface area contributed by atoms with Crippen molar-refractivity contribution in [2.45, 2.75) is 50.0 Å². The molecule has 1 fully saturated rings. The molecule has 0 aliphatic carbocycles. The summed E-state index contributed by atoms with van der Waals surface area (Å²) >= 11 is 0. The number of sulfonamides is 1. The van der Waals surface area contributed by atoms with Crippen molar-refractivity contribution in [3.8, 4) is 0 Å². The predicted molar refractivity (Wildman–Crippen MR) is 125 cm³/mol. The van der Waals surface area contributed by atoms with Crippen LogP contribution in [0.5, 0.6) is 0 Å². The molecule has 0 radical (unpaired) electrons. The molecule has 7 heteroatoms. The molecule has 2 aromatic rings. The van der Waals surface area contributed by atoms with Crippen LogP contribution in [0.15, 0.2) is 53.4 Å². The number of aryl methyl sites for hydroxylation is 1. The van der Waals surface area contributed by atoms with Gasteiger partial charge in [-0.2, -0.15) is 0 Å². The molecule has 1 amide bonds. The molecule has 1 aliphatic rings. The van der Waals surface area contributed by atoms with Gasteiger partial charge in [-0.1, -0.05) is 30.3 Å². The summed E-state index contributed by atoms with van der Waals surface area (Å²) in [5.41, 5.74) is 2.47. The molecular weight excluding hydrogens is 410 g/mol. The van der Waals surface area contributed by atoms with Gasteiger partial charge < -0.3 is 10.2 Å². The monoisotopic (exact) mass is 443 g/mol. The van der Waals surface area contributed by atoms with Crippen molar-refractivity contribution >= 4 is 21.6 Å². The highest BCUT2D eigenvalue weighted by Crippen LogP contribution is 2.28. The predicted octanol–water partition coefficient (Wildman–Crippen LogP) is 3.68. The topological polar surface area (TPSA) is 69.7 Å². The summed E-state index contributed by atoms with van der Waals surface area (Å²) in [5, 5.41) is 3.08. The highest BCUT2D eigenvalue weighted by Gasteiger charge is 2.24. The zero-order chi connectivity index (χ0) is 22.4. The van der Waals surface area contributed by atoms with Gasteiger partial charge in [-0.05, 0) is 62.8 Å². The minimum absolute atomic E-state index is 0.0315. The molecule has 2 aromatic carbocycles. The van der Waals surface area contributed by atoms with E-state index in [0.717, 1.165) is 44.5 Å². The van der Waals surface area contributed by atoms with Crippen molar-refractivity contribution in [3.05, 3.63) is 59.7 Å². The van der Waals surface area contributed by atoms with Crippen molar-refractivity contribution < 1.29 is 13.2 Å². The summed E-state index contributed by atoms with van der Waals surface area (Å²) in [6.07, 6.45) is 5.01. The van der Waals surface area contributed by atoms with Crippen LogP contribution in [-0.2, 0) is 16.4 Å². The number of carbonyl (C=O) groups excluding carboxylic acids is 1. The quantitative estimate of drug-likeness (QED) is 0.676. The Morgan fingerprint density at radius 1 is 1.06 bits per heavy atom. The Balaban J connectivity index is 1.82. The minimum Gasteiger partial charge on any atom is -0.371 e. The van der Waals surface area contributed by atoms with Crippen LogP contribution in [0.2, 0.25) is 0 Å². The number of rotatable bonds is 8. The molecule has 31 heavy (non-hydrogen) atoms. The molecule has 0 aromatic heterocycles. The summed E-state index contributed by atoms with van der Waals surface area (Å²) in [6, 6.07) is 15.1. The van der Waals surface area contributed by atoms with Gasteiger partial charge >= 0.3 is 0 Å². The van der Waals surface area contributed by atoms with Crippen LogP contribution in [0.1, 0.15) is 48.5 Å². The van der Waals surface area contributed by atoms with Gasteiger partial charge in [-0.25, -0.2) is 12.7 Å². The SMILES string of the molecule is CC(CCc1ccccc1)NC(=O)c1cc(S(=O)(=O)N(C)C)ccc1N1CCCCC1. The second kappa shape index (κ2) is 10.3. The van der Waals surface area contributed by atoms with E-state index in [0.29, 0.717) is 5.56 Å². The van der Waals surface area contributed by atoms with Crippen molar-refractivity contribution in [1.82, 2.24) is 9.62 Å². The average Bonchev–Trinajstić information content (AvgIpc) is 2.78. The first-order chi connectivity index (χ1) is 14.8. The maximum atomic E-state index is 13.2. The van der Waals surface area contributed by atoms with Crippen LogP contribution in [-0.4, -0.2) is 51.9 Å². The van der Waals surface area contributed by atoms with Crippen molar-refractivity contribution in [1.29, 1.82) is 0 Å². The van der Waals surface area contributed by atoms with Crippen molar-refractivity contribution in [2.75, 3.05) is 32.1 Å². The summed E-state index contributed by atoms with van der Waals surface area (Å²) in [7, 11) is -0.622. The zero-order valence-corrected chi connectivity index (χ0v) is 19.5. The Hall–Kier alpha value is -2.38. The van der Waals surface area contributed by atoms with Crippen LogP contribution in [0.25, 0.3) is 0 Å². The van der Waals surface area contributed by atoms with E-state index in [4.69, 9.17) is 0 Å². The Morgan fingerprint density at radius 2 is 1.74 bits per heavy atom. The van der Waals surface area contributed by atoms with Gasteiger partial charge in [0, 0.05) is 38.9 Å². The van der Waals surface area contributed by atoms with Gasteiger partial charge in [0.2, 0.25) is 10.0 Å². The molecule has 168 valence electrons. The normalized spacial score (nSPS) is 15.7. The van der Waals surface area contributed by atoms with Gasteiger partial charge in [0.15, 0.2) is 0 Å². The van der Waals surface area contributed by atoms with E-state index in [9.17, 15) is 13.2 Å². The summed E-state index contributed by atoms with van der Waals surface area (Å²) in [6.45, 7) is 3.75. The molecule has 1 saturated heterocycles. The van der Waals surface area contributed by atoms with Gasteiger partial charge in [-0.15, -0.1) is 0 Å². The fourth-order valence-corrected chi connectivity index (χ4v) is 4.81. The summed E-state index contributed by atoms with van der Waals surface area (Å²) < 4.78 is 26.5. The van der Waals surface area contributed by atoms with Gasteiger partial charge in [0.1, 0.15) is 0 Å². The van der Waals surface area contributed by atoms with E-state index in [2.05, 4.69) is 22.3 Å². The van der Waals surface area contributed by atoms with E-state index in [1.165, 1.54) is 36.5 Å². The van der Waals surface area contributed by atoms with Crippen LogP contribution in [0, 0.1) is 0 Å². The highest BCUT2D eigenvalue weighted by atomic mass is 32.2. The van der Waals surface area contributed by atoms with E-state index in [1.54, 1.807) is 12.1 Å². The lowest BCUT2D eigenvalue weighted by atomic mass is 10.0. The van der Waals surface area contributed by atoms with Crippen molar-refractivity contribution in [3.63, 3.8) is 0 Å². The molecule has 0 bridgehead atoms. The number of carbonyl (C=O) groups is 1. The van der Waals surface area contributed by atoms with Crippen molar-refractivity contribution in [2.24, 2.45) is 0 Å². The van der Waals surface area contributed by atoms with Gasteiger partial charge in [-0.3, -0.25) is 4.79 Å². The third-order valence-corrected chi connectivity index (χ3v) is 7.59. The summed E-state index contributed by atoms with van der Waals surface area (Å²) in [5.74, 6) is -0.225. The largest absolute Gasteiger partial charge is 0.371 e. The third-order valence-electron chi connectivity index (χ3n) is 5.77. The number of amides is 1. The Labute approximate surface area is 186 Å². The highest BCUT2D eigenvalue weighted by molar-refractivity contribution is 7.89. The average molecular weight is 444 g/mol. The number of hydrogen-bond donors (Lipinski definition) is 1. The molecule has 1 unspecified atom stereocenters. The molecule has 1 heterocycles. The van der Waals surface area contributed by atoms with E-state index in [1.807, 2.05) is 25.1 Å². The first kappa shape index (κ1) is 23.3. The minimum atomic E-state index is -3.62. The molecule has 0 spiro atoms. The Kier molecular flexibility index (Phi) is 7.73. The Morgan fingerprint density at radius 3 is 2.39 bits per heavy atom. The summed E-state index contributed by atoms with van der Waals surface area (Å²) in [4.78, 5) is 15.6. The number of anilines is 1. The molecule has 3 rings (SSSR count). The maximum absolute atomic E-state index is 13.2. The number of hydrogen-bond acceptors (Lipinski definition) is 4. The second-order valence-corrected chi connectivity index (χ2v) is 10.6. The van der Waals surface area contributed by atoms with E-state index < -0.39 is 10.0 Å². The number of nitrogens with one attached hydrogen (secondary N) is 1. The lowest BCUT2D eigenvalue weighted by molar-refractivity contribution is 0.0938. The number of nitrogens with zero attached hydrogens (tertiary/aromatic N) is 2. The van der Waals surface area contributed by atoms with Crippen LogP contribution in [0.3, 0.4) is 0 Å². The molecular formula is C24H33N3O3S. The second-order valence-electron chi connectivity index (χ2n) is 8.41. The molecule has 0 saturated carbocycles. The van der Waals surface area contributed by atoms with E-state index >= 15 is 0 Å². The van der Waals surface area contributed by atoms with Crippen LogP contribution in [0.4, 0.5) is 5.69 Å². The standard InChI is InChI=1S/C24H33N3O3S/c1-19(12-13-20-10-6-4-7-11-20)25-24(28)22-18-21(31(29,30)26(2)3)14-15-23(22)27-16-8-5-9-17-27/h4,6-7,10-11,14-15,18-19H,5,8-9,12-13,16-17H2,1-3H3,(H,25,28). The third kappa shape index (κ3) is 5.86. The lowest BCUT2D eigenvalue weighted by Crippen LogP contribution is -2.36.